The summed E-state index contributed by atoms with van der Waals surface area (Å²) in [6, 6.07) is 6.47. The maximum Gasteiger partial charge on any atom is 0.0894 e. The van der Waals surface area contributed by atoms with Gasteiger partial charge in [-0.3, -0.25) is 8.78 Å². The molecule has 0 radical (unpaired) electrons. The molecule has 0 bridgehead atoms. The van der Waals surface area contributed by atoms with Gasteiger partial charge in [-0.1, -0.05) is 36.6 Å². The summed E-state index contributed by atoms with van der Waals surface area (Å²) < 4.78 is 24.3. The lowest BCUT2D eigenvalue weighted by molar-refractivity contribution is 0.298. The van der Waals surface area contributed by atoms with E-state index in [1.165, 1.54) is 37.7 Å². The maximum absolute atomic E-state index is 12.2. The number of rotatable bonds is 9. The Balaban J connectivity index is 1.82. The van der Waals surface area contributed by atoms with Crippen molar-refractivity contribution in [3.05, 3.63) is 34.3 Å². The molecule has 1 aliphatic rings. The minimum Gasteiger partial charge on any atom is -0.251 e. The van der Waals surface area contributed by atoms with Crippen molar-refractivity contribution < 1.29 is 8.78 Å². The molecule has 0 atom stereocenters. The second-order valence-electron chi connectivity index (χ2n) is 6.90. The zero-order chi connectivity index (χ0) is 16.5. The second-order valence-corrected chi connectivity index (χ2v) is 7.31. The van der Waals surface area contributed by atoms with Crippen molar-refractivity contribution in [3.63, 3.8) is 0 Å². The van der Waals surface area contributed by atoms with Gasteiger partial charge in [-0.15, -0.1) is 0 Å². The molecule has 0 N–H and O–H groups in total. The van der Waals surface area contributed by atoms with E-state index in [1.807, 2.05) is 0 Å². The highest BCUT2D eigenvalue weighted by molar-refractivity contribution is 6.31. The van der Waals surface area contributed by atoms with Crippen LogP contribution in [0, 0.1) is 5.92 Å². The van der Waals surface area contributed by atoms with E-state index in [0.29, 0.717) is 12.3 Å². The number of halogens is 3. The molecule has 0 nitrogen and oxygen atoms in total. The molecule has 1 fully saturated rings. The van der Waals surface area contributed by atoms with Gasteiger partial charge in [0, 0.05) is 5.02 Å². The summed E-state index contributed by atoms with van der Waals surface area (Å²) in [4.78, 5) is 0. The fraction of sp³-hybridized carbons (Fsp3) is 0.700. The van der Waals surface area contributed by atoms with Crippen molar-refractivity contribution in [1.82, 2.24) is 0 Å². The molecule has 130 valence electrons. The fourth-order valence-corrected chi connectivity index (χ4v) is 4.03. The lowest BCUT2D eigenvalue weighted by Gasteiger charge is -2.29. The molecule has 2 rings (SSSR count). The van der Waals surface area contributed by atoms with Gasteiger partial charge in [0.25, 0.3) is 0 Å². The molecule has 3 heteroatoms. The van der Waals surface area contributed by atoms with Crippen LogP contribution in [0.5, 0.6) is 0 Å². The highest BCUT2D eigenvalue weighted by Gasteiger charge is 2.22. The summed E-state index contributed by atoms with van der Waals surface area (Å²) in [5.41, 5.74) is 2.50. The van der Waals surface area contributed by atoms with Crippen molar-refractivity contribution in [2.45, 2.75) is 70.1 Å². The highest BCUT2D eigenvalue weighted by Crippen LogP contribution is 2.38. The molecule has 1 saturated carbocycles. The first-order chi connectivity index (χ1) is 11.2. The average molecular weight is 343 g/mol. The molecular weight excluding hydrogens is 314 g/mol. The third-order valence-electron chi connectivity index (χ3n) is 5.22. The molecule has 0 aromatic heterocycles. The largest absolute Gasteiger partial charge is 0.251 e. The third-order valence-corrected chi connectivity index (χ3v) is 5.57. The molecule has 0 aliphatic heterocycles. The van der Waals surface area contributed by atoms with Crippen LogP contribution in [0.2, 0.25) is 5.02 Å². The Morgan fingerprint density at radius 3 is 2.26 bits per heavy atom. The second kappa shape index (κ2) is 10.3. The summed E-state index contributed by atoms with van der Waals surface area (Å²) in [6.45, 7) is -0.421. The van der Waals surface area contributed by atoms with Gasteiger partial charge in [-0.25, -0.2) is 0 Å². The normalized spacial score (nSPS) is 21.5. The molecule has 1 aliphatic carbocycles. The van der Waals surface area contributed by atoms with E-state index in [9.17, 15) is 8.78 Å². The molecule has 0 spiro atoms. The van der Waals surface area contributed by atoms with Gasteiger partial charge in [-0.05, 0) is 80.4 Å². The van der Waals surface area contributed by atoms with Crippen molar-refractivity contribution >= 4 is 11.6 Å². The molecule has 1 aromatic rings. The molecule has 1 aromatic carbocycles. The number of alkyl halides is 2. The van der Waals surface area contributed by atoms with Crippen LogP contribution in [0.4, 0.5) is 8.78 Å². The lowest BCUT2D eigenvalue weighted by Crippen LogP contribution is -2.13. The Kier molecular flexibility index (Phi) is 8.36. The minimum atomic E-state index is -0.246. The summed E-state index contributed by atoms with van der Waals surface area (Å²) in [6.07, 6.45) is 10.2. The Labute approximate surface area is 144 Å². The van der Waals surface area contributed by atoms with Gasteiger partial charge in [0.2, 0.25) is 0 Å². The summed E-state index contributed by atoms with van der Waals surface area (Å²) in [7, 11) is 0. The number of hydrogen-bond acceptors (Lipinski definition) is 0. The zero-order valence-electron chi connectivity index (χ0n) is 14.0. The smallest absolute Gasteiger partial charge is 0.0894 e. The van der Waals surface area contributed by atoms with Crippen molar-refractivity contribution in [2.75, 3.05) is 13.3 Å². The first-order valence-electron chi connectivity index (χ1n) is 9.15. The Hall–Kier alpha value is -0.630. The Morgan fingerprint density at radius 2 is 1.61 bits per heavy atom. The fourth-order valence-electron chi connectivity index (χ4n) is 3.74. The van der Waals surface area contributed by atoms with Crippen LogP contribution in [0.3, 0.4) is 0 Å². The molecular formula is C20H29ClF2. The quantitative estimate of drug-likeness (QED) is 0.422. The van der Waals surface area contributed by atoms with Crippen LogP contribution < -0.4 is 0 Å². The van der Waals surface area contributed by atoms with E-state index < -0.39 is 0 Å². The number of unbranched alkanes of at least 4 members (excludes halogenated alkanes) is 2. The summed E-state index contributed by atoms with van der Waals surface area (Å²) in [5, 5.41) is 0.839. The number of benzene rings is 1. The highest BCUT2D eigenvalue weighted by atomic mass is 35.5. The van der Waals surface area contributed by atoms with E-state index >= 15 is 0 Å². The Bertz CT molecular complexity index is 453. The zero-order valence-corrected chi connectivity index (χ0v) is 14.8. The first-order valence-corrected chi connectivity index (χ1v) is 9.52. The van der Waals surface area contributed by atoms with E-state index in [1.54, 1.807) is 0 Å². The molecule has 0 heterocycles. The predicted octanol–water partition coefficient (Wildman–Crippen LogP) is 7.05. The van der Waals surface area contributed by atoms with Gasteiger partial charge < -0.3 is 0 Å². The standard InChI is InChI=1S/C20H29ClF2/c21-20-15-19(12-11-18(20)6-2-4-14-23)17-9-7-16(8-10-17)5-1-3-13-22/h11-12,15-17H,1-10,13-14H2. The number of hydrogen-bond donors (Lipinski definition) is 0. The first kappa shape index (κ1) is 18.7. The van der Waals surface area contributed by atoms with Crippen LogP contribution in [0.1, 0.15) is 74.8 Å². The summed E-state index contributed by atoms with van der Waals surface area (Å²) >= 11 is 6.41. The summed E-state index contributed by atoms with van der Waals surface area (Å²) in [5.74, 6) is 1.40. The van der Waals surface area contributed by atoms with Crippen LogP contribution in [0.15, 0.2) is 18.2 Å². The van der Waals surface area contributed by atoms with Crippen LogP contribution in [-0.4, -0.2) is 13.3 Å². The monoisotopic (exact) mass is 342 g/mol. The maximum atomic E-state index is 12.2. The van der Waals surface area contributed by atoms with Crippen molar-refractivity contribution in [1.29, 1.82) is 0 Å². The van der Waals surface area contributed by atoms with Gasteiger partial charge >= 0.3 is 0 Å². The molecule has 0 saturated heterocycles. The molecule has 0 amide bonds. The van der Waals surface area contributed by atoms with Crippen LogP contribution in [0.25, 0.3) is 0 Å². The van der Waals surface area contributed by atoms with E-state index in [0.717, 1.165) is 42.2 Å². The SMILES string of the molecule is FCCCCc1ccc(C2CCC(CCCCF)CC2)cc1Cl. The predicted molar refractivity (Wildman–Crippen MR) is 94.9 cm³/mol. The van der Waals surface area contributed by atoms with E-state index in [2.05, 4.69) is 18.2 Å². The van der Waals surface area contributed by atoms with Gasteiger partial charge in [0.05, 0.1) is 13.3 Å². The Morgan fingerprint density at radius 1 is 0.913 bits per heavy atom. The van der Waals surface area contributed by atoms with Crippen LogP contribution >= 0.6 is 11.6 Å². The van der Waals surface area contributed by atoms with E-state index in [4.69, 9.17) is 11.6 Å². The average Bonchev–Trinajstić information content (AvgIpc) is 2.57. The number of aryl methyl sites for hydroxylation is 1. The van der Waals surface area contributed by atoms with Gasteiger partial charge in [0.15, 0.2) is 0 Å². The van der Waals surface area contributed by atoms with E-state index in [-0.39, 0.29) is 13.3 Å². The lowest BCUT2D eigenvalue weighted by atomic mass is 9.77. The van der Waals surface area contributed by atoms with Gasteiger partial charge in [-0.2, -0.15) is 0 Å². The molecule has 23 heavy (non-hydrogen) atoms. The van der Waals surface area contributed by atoms with Crippen molar-refractivity contribution in [2.24, 2.45) is 5.92 Å². The third kappa shape index (κ3) is 6.06. The van der Waals surface area contributed by atoms with Gasteiger partial charge in [0.1, 0.15) is 0 Å². The van der Waals surface area contributed by atoms with Crippen LogP contribution in [-0.2, 0) is 6.42 Å². The minimum absolute atomic E-state index is 0.175. The molecule has 0 unspecified atom stereocenters. The van der Waals surface area contributed by atoms with Crippen molar-refractivity contribution in [3.8, 4) is 0 Å². The topological polar surface area (TPSA) is 0 Å².